The molecular weight excluding hydrogens is 248 g/mol. The maximum absolute atomic E-state index is 9.06. The molecule has 0 bridgehead atoms. The largest absolute Gasteiger partial charge is 0.396 e. The first-order chi connectivity index (χ1) is 9.76. The number of nitrogens with one attached hydrogen (secondary N) is 1. The average molecular weight is 284 g/mol. The molecule has 1 fully saturated rings. The van der Waals surface area contributed by atoms with E-state index in [1.54, 1.807) is 0 Å². The molecule has 0 unspecified atom stereocenters. The van der Waals surface area contributed by atoms with Gasteiger partial charge in [0.25, 0.3) is 0 Å². The molecular formula is C17H36N2O. The van der Waals surface area contributed by atoms with Gasteiger partial charge in [-0.1, -0.05) is 39.5 Å². The molecule has 1 aliphatic rings. The van der Waals surface area contributed by atoms with Gasteiger partial charge in [-0.25, -0.2) is 0 Å². The van der Waals surface area contributed by atoms with Crippen molar-refractivity contribution in [2.45, 2.75) is 65.2 Å². The highest BCUT2D eigenvalue weighted by atomic mass is 16.3. The molecule has 0 spiro atoms. The predicted molar refractivity (Wildman–Crippen MR) is 87.1 cm³/mol. The molecule has 120 valence electrons. The van der Waals surface area contributed by atoms with Gasteiger partial charge in [0.15, 0.2) is 0 Å². The van der Waals surface area contributed by atoms with E-state index in [4.69, 9.17) is 5.11 Å². The van der Waals surface area contributed by atoms with Crippen LogP contribution in [0.2, 0.25) is 0 Å². The molecule has 0 aromatic rings. The van der Waals surface area contributed by atoms with Crippen LogP contribution in [0.25, 0.3) is 0 Å². The first-order valence-electron chi connectivity index (χ1n) is 8.80. The summed E-state index contributed by atoms with van der Waals surface area (Å²) < 4.78 is 0. The summed E-state index contributed by atoms with van der Waals surface area (Å²) in [5.41, 5.74) is 0.469. The van der Waals surface area contributed by atoms with Crippen LogP contribution in [0.4, 0.5) is 0 Å². The second-order valence-electron chi connectivity index (χ2n) is 6.54. The Morgan fingerprint density at radius 2 is 1.80 bits per heavy atom. The van der Waals surface area contributed by atoms with Gasteiger partial charge in [0.05, 0.1) is 0 Å². The molecule has 0 amide bonds. The molecule has 1 rings (SSSR count). The third-order valence-electron chi connectivity index (χ3n) is 4.73. The normalized spacial score (nSPS) is 19.2. The van der Waals surface area contributed by atoms with Crippen molar-refractivity contribution >= 4 is 0 Å². The third-order valence-corrected chi connectivity index (χ3v) is 4.73. The van der Waals surface area contributed by atoms with Gasteiger partial charge in [0.2, 0.25) is 0 Å². The fraction of sp³-hybridized carbons (Fsp3) is 1.00. The molecule has 3 heteroatoms. The molecule has 1 aliphatic carbocycles. The summed E-state index contributed by atoms with van der Waals surface area (Å²) in [7, 11) is 0. The quantitative estimate of drug-likeness (QED) is 0.478. The summed E-state index contributed by atoms with van der Waals surface area (Å²) in [6.45, 7) is 10.5. The Bertz CT molecular complexity index is 225. The monoisotopic (exact) mass is 284 g/mol. The van der Waals surface area contributed by atoms with Crippen LogP contribution < -0.4 is 5.32 Å². The number of aliphatic hydroxyl groups excluding tert-OH is 1. The van der Waals surface area contributed by atoms with Gasteiger partial charge in [-0.05, 0) is 44.2 Å². The lowest BCUT2D eigenvalue weighted by atomic mass is 9.79. The fourth-order valence-corrected chi connectivity index (χ4v) is 3.52. The lowest BCUT2D eigenvalue weighted by molar-refractivity contribution is 0.123. The van der Waals surface area contributed by atoms with Crippen molar-refractivity contribution in [1.29, 1.82) is 0 Å². The second kappa shape index (κ2) is 10.6. The van der Waals surface area contributed by atoms with Crippen molar-refractivity contribution in [2.24, 2.45) is 5.41 Å². The van der Waals surface area contributed by atoms with E-state index in [0.717, 1.165) is 26.1 Å². The topological polar surface area (TPSA) is 35.5 Å². The van der Waals surface area contributed by atoms with Crippen molar-refractivity contribution in [3.05, 3.63) is 0 Å². The molecule has 0 saturated heterocycles. The SMILES string of the molecule is CCCNCC1(CN(CC)CCCO)CCCCCC1. The number of aliphatic hydroxyl groups is 1. The lowest BCUT2D eigenvalue weighted by Gasteiger charge is -2.38. The van der Waals surface area contributed by atoms with E-state index in [2.05, 4.69) is 24.1 Å². The average Bonchev–Trinajstić information content (AvgIpc) is 2.70. The maximum atomic E-state index is 9.06. The molecule has 0 heterocycles. The Hall–Kier alpha value is -0.120. The van der Waals surface area contributed by atoms with Gasteiger partial charge in [0, 0.05) is 26.2 Å². The van der Waals surface area contributed by atoms with Gasteiger partial charge < -0.3 is 15.3 Å². The smallest absolute Gasteiger partial charge is 0.0443 e. The van der Waals surface area contributed by atoms with Crippen molar-refractivity contribution in [3.8, 4) is 0 Å². The molecule has 20 heavy (non-hydrogen) atoms. The van der Waals surface area contributed by atoms with Crippen LogP contribution in [0.3, 0.4) is 0 Å². The van der Waals surface area contributed by atoms with Crippen LogP contribution in [0.1, 0.15) is 65.2 Å². The van der Waals surface area contributed by atoms with Gasteiger partial charge in [-0.3, -0.25) is 0 Å². The van der Waals surface area contributed by atoms with Gasteiger partial charge in [-0.15, -0.1) is 0 Å². The Labute approximate surface area is 126 Å². The summed E-state index contributed by atoms with van der Waals surface area (Å²) >= 11 is 0. The summed E-state index contributed by atoms with van der Waals surface area (Å²) in [6.07, 6.45) is 10.5. The second-order valence-corrected chi connectivity index (χ2v) is 6.54. The standard InChI is InChI=1S/C17H36N2O/c1-3-12-18-15-17(10-7-5-6-8-11-17)16-19(4-2)13-9-14-20/h18,20H,3-16H2,1-2H3. The van der Waals surface area contributed by atoms with Gasteiger partial charge >= 0.3 is 0 Å². The van der Waals surface area contributed by atoms with Crippen LogP contribution in [-0.2, 0) is 0 Å². The number of hydrogen-bond acceptors (Lipinski definition) is 3. The van der Waals surface area contributed by atoms with Crippen LogP contribution >= 0.6 is 0 Å². The van der Waals surface area contributed by atoms with E-state index < -0.39 is 0 Å². The highest BCUT2D eigenvalue weighted by molar-refractivity contribution is 4.87. The van der Waals surface area contributed by atoms with Gasteiger partial charge in [0.1, 0.15) is 0 Å². The van der Waals surface area contributed by atoms with Crippen LogP contribution in [0, 0.1) is 5.41 Å². The predicted octanol–water partition coefficient (Wildman–Crippen LogP) is 3.03. The molecule has 0 atom stereocenters. The van der Waals surface area contributed by atoms with E-state index >= 15 is 0 Å². The molecule has 2 N–H and O–H groups in total. The zero-order chi connectivity index (χ0) is 14.7. The minimum absolute atomic E-state index is 0.317. The van der Waals surface area contributed by atoms with E-state index in [1.807, 2.05) is 0 Å². The number of rotatable bonds is 10. The molecule has 0 radical (unpaired) electrons. The van der Waals surface area contributed by atoms with Crippen LogP contribution in [0.5, 0.6) is 0 Å². The lowest BCUT2D eigenvalue weighted by Crippen LogP contribution is -2.44. The first kappa shape index (κ1) is 17.9. The van der Waals surface area contributed by atoms with Crippen molar-refractivity contribution in [1.82, 2.24) is 10.2 Å². The molecule has 3 nitrogen and oxygen atoms in total. The van der Waals surface area contributed by atoms with Crippen LogP contribution in [0.15, 0.2) is 0 Å². The molecule has 0 aromatic heterocycles. The summed E-state index contributed by atoms with van der Waals surface area (Å²) in [6, 6.07) is 0. The maximum Gasteiger partial charge on any atom is 0.0443 e. The Balaban J connectivity index is 2.58. The van der Waals surface area contributed by atoms with Crippen LogP contribution in [-0.4, -0.2) is 49.3 Å². The highest BCUT2D eigenvalue weighted by Gasteiger charge is 2.32. The molecule has 0 aliphatic heterocycles. The summed E-state index contributed by atoms with van der Waals surface area (Å²) in [5, 5.41) is 12.7. The Morgan fingerprint density at radius 3 is 2.35 bits per heavy atom. The van der Waals surface area contributed by atoms with Crippen molar-refractivity contribution in [3.63, 3.8) is 0 Å². The first-order valence-corrected chi connectivity index (χ1v) is 8.80. The Kier molecular flexibility index (Phi) is 9.49. The summed E-state index contributed by atoms with van der Waals surface area (Å²) in [5.74, 6) is 0. The number of nitrogens with zero attached hydrogens (tertiary/aromatic N) is 1. The van der Waals surface area contributed by atoms with E-state index in [1.165, 1.54) is 58.0 Å². The van der Waals surface area contributed by atoms with E-state index in [0.29, 0.717) is 12.0 Å². The zero-order valence-corrected chi connectivity index (χ0v) is 13.8. The summed E-state index contributed by atoms with van der Waals surface area (Å²) in [4.78, 5) is 2.55. The van der Waals surface area contributed by atoms with E-state index in [9.17, 15) is 0 Å². The van der Waals surface area contributed by atoms with Crippen molar-refractivity contribution < 1.29 is 5.11 Å². The molecule has 1 saturated carbocycles. The van der Waals surface area contributed by atoms with E-state index in [-0.39, 0.29) is 0 Å². The fourth-order valence-electron chi connectivity index (χ4n) is 3.52. The Morgan fingerprint density at radius 1 is 1.10 bits per heavy atom. The minimum Gasteiger partial charge on any atom is -0.396 e. The number of hydrogen-bond donors (Lipinski definition) is 2. The minimum atomic E-state index is 0.317. The van der Waals surface area contributed by atoms with Gasteiger partial charge in [-0.2, -0.15) is 0 Å². The zero-order valence-electron chi connectivity index (χ0n) is 13.8. The molecule has 0 aromatic carbocycles. The third kappa shape index (κ3) is 6.55. The van der Waals surface area contributed by atoms with Crippen molar-refractivity contribution in [2.75, 3.05) is 39.3 Å². The highest BCUT2D eigenvalue weighted by Crippen LogP contribution is 2.35.